The maximum atomic E-state index is 11.9. The molecule has 1 saturated carbocycles. The number of carbonyl (C=O) groups is 1. The minimum absolute atomic E-state index is 0.245. The molecule has 1 aromatic heterocycles. The normalized spacial score (nSPS) is 13.8. The van der Waals surface area contributed by atoms with Crippen molar-refractivity contribution in [3.05, 3.63) is 52.9 Å². The predicted molar refractivity (Wildman–Crippen MR) is 70.8 cm³/mol. The van der Waals surface area contributed by atoms with Crippen LogP contribution in [0.5, 0.6) is 0 Å². The summed E-state index contributed by atoms with van der Waals surface area (Å²) >= 11 is 0. The fraction of sp³-hybridized carbons (Fsp3) is 0.267. The molecule has 1 aliphatic carbocycles. The molecule has 3 rings (SSSR count). The standard InChI is InChI=1S/C15H13N3O2/c16-8-10-1-3-11(4-2-10)9-17-15(19)13-7-14(20-18-13)12-5-6-12/h1-4,7,12H,5-6,9H2,(H,17,19). The van der Waals surface area contributed by atoms with Gasteiger partial charge >= 0.3 is 0 Å². The van der Waals surface area contributed by atoms with Gasteiger partial charge in [-0.1, -0.05) is 17.3 Å². The van der Waals surface area contributed by atoms with Crippen molar-refractivity contribution in [3.8, 4) is 6.07 Å². The monoisotopic (exact) mass is 267 g/mol. The minimum Gasteiger partial charge on any atom is -0.360 e. The van der Waals surface area contributed by atoms with Gasteiger partial charge in [0.2, 0.25) is 0 Å². The summed E-state index contributed by atoms with van der Waals surface area (Å²) in [7, 11) is 0. The summed E-state index contributed by atoms with van der Waals surface area (Å²) < 4.78 is 5.15. The van der Waals surface area contributed by atoms with E-state index in [1.54, 1.807) is 18.2 Å². The Hall–Kier alpha value is -2.61. The second kappa shape index (κ2) is 5.17. The molecule has 5 nitrogen and oxygen atoms in total. The summed E-state index contributed by atoms with van der Waals surface area (Å²) in [6.07, 6.45) is 2.23. The van der Waals surface area contributed by atoms with E-state index in [9.17, 15) is 4.79 Å². The van der Waals surface area contributed by atoms with Crippen LogP contribution in [0.3, 0.4) is 0 Å². The smallest absolute Gasteiger partial charge is 0.273 e. The molecule has 2 aromatic rings. The summed E-state index contributed by atoms with van der Waals surface area (Å²) in [5.74, 6) is 1.00. The fourth-order valence-corrected chi connectivity index (χ4v) is 1.93. The average molecular weight is 267 g/mol. The highest BCUT2D eigenvalue weighted by Crippen LogP contribution is 2.40. The largest absolute Gasteiger partial charge is 0.360 e. The molecule has 0 radical (unpaired) electrons. The average Bonchev–Trinajstić information content (AvgIpc) is 3.22. The Labute approximate surface area is 116 Å². The van der Waals surface area contributed by atoms with Crippen LogP contribution in [0.25, 0.3) is 0 Å². The third kappa shape index (κ3) is 2.69. The molecule has 0 aliphatic heterocycles. The predicted octanol–water partition coefficient (Wildman–Crippen LogP) is 2.35. The lowest BCUT2D eigenvalue weighted by Gasteiger charge is -2.02. The Kier molecular flexibility index (Phi) is 3.21. The number of hydrogen-bond donors (Lipinski definition) is 1. The van der Waals surface area contributed by atoms with Crippen molar-refractivity contribution in [3.63, 3.8) is 0 Å². The Bertz CT molecular complexity index is 663. The van der Waals surface area contributed by atoms with E-state index in [4.69, 9.17) is 9.78 Å². The second-order valence-corrected chi connectivity index (χ2v) is 4.88. The van der Waals surface area contributed by atoms with Crippen molar-refractivity contribution < 1.29 is 9.32 Å². The lowest BCUT2D eigenvalue weighted by atomic mass is 10.1. The third-order valence-corrected chi connectivity index (χ3v) is 3.28. The van der Waals surface area contributed by atoms with E-state index < -0.39 is 0 Å². The molecular formula is C15H13N3O2. The van der Waals surface area contributed by atoms with Gasteiger partial charge in [0, 0.05) is 18.5 Å². The Morgan fingerprint density at radius 1 is 1.40 bits per heavy atom. The van der Waals surface area contributed by atoms with Crippen LogP contribution in [0.15, 0.2) is 34.9 Å². The molecule has 0 unspecified atom stereocenters. The Morgan fingerprint density at radius 3 is 2.80 bits per heavy atom. The highest BCUT2D eigenvalue weighted by atomic mass is 16.5. The maximum Gasteiger partial charge on any atom is 0.273 e. The number of benzene rings is 1. The molecule has 5 heteroatoms. The van der Waals surface area contributed by atoms with Crippen LogP contribution in [0, 0.1) is 11.3 Å². The van der Waals surface area contributed by atoms with Gasteiger partial charge in [-0.2, -0.15) is 5.26 Å². The number of amides is 1. The van der Waals surface area contributed by atoms with Gasteiger partial charge in [0.1, 0.15) is 5.76 Å². The zero-order valence-corrected chi connectivity index (χ0v) is 10.8. The lowest BCUT2D eigenvalue weighted by molar-refractivity contribution is 0.0941. The number of nitriles is 1. The van der Waals surface area contributed by atoms with Crippen molar-refractivity contribution in [1.82, 2.24) is 10.5 Å². The summed E-state index contributed by atoms with van der Waals surface area (Å²) in [4.78, 5) is 11.9. The number of rotatable bonds is 4. The van der Waals surface area contributed by atoms with E-state index in [0.717, 1.165) is 24.2 Å². The third-order valence-electron chi connectivity index (χ3n) is 3.28. The SMILES string of the molecule is N#Cc1ccc(CNC(=O)c2cc(C3CC3)on2)cc1. The zero-order valence-electron chi connectivity index (χ0n) is 10.8. The van der Waals surface area contributed by atoms with Crippen molar-refractivity contribution in [2.45, 2.75) is 25.3 Å². The van der Waals surface area contributed by atoms with Gasteiger partial charge in [-0.15, -0.1) is 0 Å². The van der Waals surface area contributed by atoms with Crippen molar-refractivity contribution >= 4 is 5.91 Å². The van der Waals surface area contributed by atoms with Crippen LogP contribution >= 0.6 is 0 Å². The lowest BCUT2D eigenvalue weighted by Crippen LogP contribution is -2.23. The molecule has 1 amide bonds. The van der Waals surface area contributed by atoms with Gasteiger partial charge in [-0.05, 0) is 30.5 Å². The number of carbonyl (C=O) groups excluding carboxylic acids is 1. The van der Waals surface area contributed by atoms with Crippen LogP contribution in [-0.2, 0) is 6.54 Å². The van der Waals surface area contributed by atoms with Crippen LogP contribution in [0.4, 0.5) is 0 Å². The highest BCUT2D eigenvalue weighted by molar-refractivity contribution is 5.92. The molecule has 1 fully saturated rings. The molecule has 1 aliphatic rings. The summed E-state index contributed by atoms with van der Waals surface area (Å²) in [6.45, 7) is 0.399. The maximum absolute atomic E-state index is 11.9. The van der Waals surface area contributed by atoms with Crippen LogP contribution in [0.1, 0.15) is 46.1 Å². The van der Waals surface area contributed by atoms with Gasteiger partial charge in [0.15, 0.2) is 5.69 Å². The Balaban J connectivity index is 1.59. The van der Waals surface area contributed by atoms with Gasteiger partial charge in [0.05, 0.1) is 11.6 Å². The first kappa shape index (κ1) is 12.4. The van der Waals surface area contributed by atoms with E-state index >= 15 is 0 Å². The topological polar surface area (TPSA) is 78.9 Å². The first-order valence-corrected chi connectivity index (χ1v) is 6.50. The van der Waals surface area contributed by atoms with E-state index in [2.05, 4.69) is 16.5 Å². The Morgan fingerprint density at radius 2 is 2.15 bits per heavy atom. The van der Waals surface area contributed by atoms with Crippen molar-refractivity contribution in [2.75, 3.05) is 0 Å². The van der Waals surface area contributed by atoms with Crippen molar-refractivity contribution in [2.24, 2.45) is 0 Å². The fourth-order valence-electron chi connectivity index (χ4n) is 1.93. The van der Waals surface area contributed by atoms with E-state index in [1.807, 2.05) is 12.1 Å². The highest BCUT2D eigenvalue weighted by Gasteiger charge is 2.28. The summed E-state index contributed by atoms with van der Waals surface area (Å²) in [5.41, 5.74) is 1.86. The van der Waals surface area contributed by atoms with E-state index in [0.29, 0.717) is 23.7 Å². The zero-order chi connectivity index (χ0) is 13.9. The number of aromatic nitrogens is 1. The van der Waals surface area contributed by atoms with Crippen LogP contribution in [0.2, 0.25) is 0 Å². The molecule has 0 bridgehead atoms. The molecule has 1 heterocycles. The quantitative estimate of drug-likeness (QED) is 0.922. The molecule has 20 heavy (non-hydrogen) atoms. The molecule has 0 atom stereocenters. The molecular weight excluding hydrogens is 254 g/mol. The number of nitrogens with zero attached hydrogens (tertiary/aromatic N) is 2. The minimum atomic E-state index is -0.245. The van der Waals surface area contributed by atoms with Crippen LogP contribution < -0.4 is 5.32 Å². The van der Waals surface area contributed by atoms with Crippen LogP contribution in [-0.4, -0.2) is 11.1 Å². The molecule has 100 valence electrons. The van der Waals surface area contributed by atoms with E-state index in [-0.39, 0.29) is 5.91 Å². The first-order valence-electron chi connectivity index (χ1n) is 6.50. The molecule has 0 saturated heterocycles. The van der Waals surface area contributed by atoms with Crippen molar-refractivity contribution in [1.29, 1.82) is 5.26 Å². The summed E-state index contributed by atoms with van der Waals surface area (Å²) in [6, 6.07) is 10.9. The van der Waals surface area contributed by atoms with Gasteiger partial charge in [-0.3, -0.25) is 4.79 Å². The molecule has 1 N–H and O–H groups in total. The molecule has 0 spiro atoms. The van der Waals surface area contributed by atoms with Gasteiger partial charge in [-0.25, -0.2) is 0 Å². The summed E-state index contributed by atoms with van der Waals surface area (Å²) in [5, 5.41) is 15.3. The van der Waals surface area contributed by atoms with Gasteiger partial charge < -0.3 is 9.84 Å². The first-order chi connectivity index (χ1) is 9.76. The van der Waals surface area contributed by atoms with E-state index in [1.165, 1.54) is 0 Å². The molecule has 1 aromatic carbocycles. The number of nitrogens with one attached hydrogen (secondary N) is 1. The number of hydrogen-bond acceptors (Lipinski definition) is 4. The second-order valence-electron chi connectivity index (χ2n) is 4.88. The van der Waals surface area contributed by atoms with Gasteiger partial charge in [0.25, 0.3) is 5.91 Å².